The topological polar surface area (TPSA) is 42.9 Å². The van der Waals surface area contributed by atoms with Crippen molar-refractivity contribution in [1.82, 2.24) is 20.4 Å². The van der Waals surface area contributed by atoms with Crippen LogP contribution in [0.25, 0.3) is 0 Å². The number of aryl methyl sites for hydroxylation is 1. The third-order valence-corrected chi connectivity index (χ3v) is 4.83. The van der Waals surface area contributed by atoms with Crippen LogP contribution in [-0.2, 0) is 0 Å². The Morgan fingerprint density at radius 1 is 1.36 bits per heavy atom. The van der Waals surface area contributed by atoms with Gasteiger partial charge in [0.25, 0.3) is 0 Å². The van der Waals surface area contributed by atoms with E-state index in [1.54, 1.807) is 13.0 Å². The Balaban J connectivity index is 2.02. The van der Waals surface area contributed by atoms with Crippen LogP contribution in [0.3, 0.4) is 0 Å². The molecule has 0 bridgehead atoms. The molecule has 0 aliphatic carbocycles. The van der Waals surface area contributed by atoms with Crippen LogP contribution in [0.1, 0.15) is 31.0 Å². The van der Waals surface area contributed by atoms with Gasteiger partial charge >= 0.3 is 0 Å². The summed E-state index contributed by atoms with van der Waals surface area (Å²) in [5, 5.41) is 6.67. The molecule has 0 saturated carbocycles. The summed E-state index contributed by atoms with van der Waals surface area (Å²) in [6.45, 7) is 10.6. The molecular weight excluding hydrogens is 317 g/mol. The van der Waals surface area contributed by atoms with Gasteiger partial charge in [-0.25, -0.2) is 4.39 Å². The summed E-state index contributed by atoms with van der Waals surface area (Å²) < 4.78 is 13.8. The molecule has 6 heteroatoms. The van der Waals surface area contributed by atoms with Crippen molar-refractivity contribution >= 4 is 5.96 Å². The lowest BCUT2D eigenvalue weighted by Gasteiger charge is -2.37. The molecule has 1 aliphatic rings. The van der Waals surface area contributed by atoms with Gasteiger partial charge in [-0.3, -0.25) is 9.89 Å². The van der Waals surface area contributed by atoms with Crippen LogP contribution >= 0.6 is 0 Å². The fourth-order valence-corrected chi connectivity index (χ4v) is 2.98. The average Bonchev–Trinajstić information content (AvgIpc) is 2.58. The van der Waals surface area contributed by atoms with Crippen molar-refractivity contribution in [2.24, 2.45) is 4.99 Å². The van der Waals surface area contributed by atoms with Crippen molar-refractivity contribution in [3.8, 4) is 0 Å². The zero-order valence-corrected chi connectivity index (χ0v) is 16.1. The van der Waals surface area contributed by atoms with Crippen LogP contribution < -0.4 is 10.6 Å². The Labute approximate surface area is 151 Å². The number of rotatable bonds is 5. The zero-order chi connectivity index (χ0) is 18.4. The summed E-state index contributed by atoms with van der Waals surface area (Å²) in [5.41, 5.74) is 1.59. The molecule has 0 spiro atoms. The largest absolute Gasteiger partial charge is 0.357 e. The summed E-state index contributed by atoms with van der Waals surface area (Å²) in [5.74, 6) is 0.609. The van der Waals surface area contributed by atoms with Gasteiger partial charge in [0.2, 0.25) is 0 Å². The van der Waals surface area contributed by atoms with E-state index in [1.807, 2.05) is 26.0 Å². The summed E-state index contributed by atoms with van der Waals surface area (Å²) in [4.78, 5) is 9.47. The molecule has 2 rings (SSSR count). The van der Waals surface area contributed by atoms with Crippen LogP contribution in [0.4, 0.5) is 4.39 Å². The molecule has 1 heterocycles. The molecule has 2 N–H and O–H groups in total. The van der Waals surface area contributed by atoms with Gasteiger partial charge in [0.15, 0.2) is 5.96 Å². The lowest BCUT2D eigenvalue weighted by molar-refractivity contribution is 0.119. The third kappa shape index (κ3) is 5.68. The van der Waals surface area contributed by atoms with E-state index in [1.165, 1.54) is 0 Å². The number of aliphatic imine (C=N–C) groups is 1. The first kappa shape index (κ1) is 19.7. The minimum atomic E-state index is -0.167. The number of guanidine groups is 1. The first-order chi connectivity index (χ1) is 11.9. The maximum atomic E-state index is 13.8. The van der Waals surface area contributed by atoms with Crippen LogP contribution in [0, 0.1) is 12.7 Å². The molecule has 5 nitrogen and oxygen atoms in total. The molecule has 2 unspecified atom stereocenters. The summed E-state index contributed by atoms with van der Waals surface area (Å²) >= 11 is 0. The van der Waals surface area contributed by atoms with Gasteiger partial charge in [-0.05, 0) is 52.1 Å². The van der Waals surface area contributed by atoms with E-state index >= 15 is 0 Å². The highest BCUT2D eigenvalue weighted by atomic mass is 19.1. The number of hydrogen-bond donors (Lipinski definition) is 2. The van der Waals surface area contributed by atoms with Crippen LogP contribution in [-0.4, -0.2) is 68.6 Å². The second-order valence-corrected chi connectivity index (χ2v) is 6.99. The summed E-state index contributed by atoms with van der Waals surface area (Å²) in [7, 11) is 4.31. The Hall–Kier alpha value is -1.66. The summed E-state index contributed by atoms with van der Waals surface area (Å²) in [6, 6.07) is 5.78. The lowest BCUT2D eigenvalue weighted by Crippen LogP contribution is -2.51. The van der Waals surface area contributed by atoms with E-state index in [2.05, 4.69) is 34.5 Å². The van der Waals surface area contributed by atoms with E-state index in [9.17, 15) is 4.39 Å². The highest BCUT2D eigenvalue weighted by Gasteiger charge is 2.22. The lowest BCUT2D eigenvalue weighted by atomic mass is 10.1. The Morgan fingerprint density at radius 3 is 2.80 bits per heavy atom. The van der Waals surface area contributed by atoms with Gasteiger partial charge in [0, 0.05) is 32.2 Å². The molecule has 2 atom stereocenters. The van der Waals surface area contributed by atoms with Crippen molar-refractivity contribution in [2.75, 3.05) is 46.8 Å². The van der Waals surface area contributed by atoms with Crippen molar-refractivity contribution in [3.05, 3.63) is 35.1 Å². The predicted molar refractivity (Wildman–Crippen MR) is 103 cm³/mol. The van der Waals surface area contributed by atoms with Gasteiger partial charge in [-0.1, -0.05) is 12.1 Å². The van der Waals surface area contributed by atoms with E-state index < -0.39 is 0 Å². The molecule has 1 aromatic rings. The molecule has 0 aromatic heterocycles. The Bertz CT molecular complexity index is 589. The maximum Gasteiger partial charge on any atom is 0.191 e. The number of hydrogen-bond acceptors (Lipinski definition) is 3. The number of benzene rings is 1. The normalized spacial score (nSPS) is 21.2. The molecule has 1 aliphatic heterocycles. The SMILES string of the molecule is CCNC(=NCC1CN(C)CCN1C)NC(C)c1ccc(C)c(F)c1. The Kier molecular flexibility index (Phi) is 7.20. The first-order valence-electron chi connectivity index (χ1n) is 9.10. The van der Waals surface area contributed by atoms with Crippen LogP contribution in [0.2, 0.25) is 0 Å². The van der Waals surface area contributed by atoms with Gasteiger partial charge in [0.1, 0.15) is 5.82 Å². The smallest absolute Gasteiger partial charge is 0.191 e. The molecule has 1 fully saturated rings. The molecule has 1 aromatic carbocycles. The maximum absolute atomic E-state index is 13.8. The van der Waals surface area contributed by atoms with Crippen molar-refractivity contribution in [1.29, 1.82) is 0 Å². The Morgan fingerprint density at radius 2 is 2.12 bits per heavy atom. The monoisotopic (exact) mass is 349 g/mol. The third-order valence-electron chi connectivity index (χ3n) is 4.83. The number of likely N-dealkylation sites (N-methyl/N-ethyl adjacent to an activating group) is 2. The number of halogens is 1. The van der Waals surface area contributed by atoms with E-state index in [0.29, 0.717) is 11.6 Å². The van der Waals surface area contributed by atoms with Crippen LogP contribution in [0.5, 0.6) is 0 Å². The standard InChI is InChI=1S/C19H32FN5/c1-6-21-19(22-12-17-13-24(4)9-10-25(17)5)23-15(3)16-8-7-14(2)18(20)11-16/h7-8,11,15,17H,6,9-10,12-13H2,1-5H3,(H2,21,22,23). The van der Waals surface area contributed by atoms with E-state index in [4.69, 9.17) is 4.99 Å². The highest BCUT2D eigenvalue weighted by molar-refractivity contribution is 5.80. The minimum absolute atomic E-state index is 0.0142. The minimum Gasteiger partial charge on any atom is -0.357 e. The first-order valence-corrected chi connectivity index (χ1v) is 9.10. The zero-order valence-electron chi connectivity index (χ0n) is 16.1. The number of piperazine rings is 1. The highest BCUT2D eigenvalue weighted by Crippen LogP contribution is 2.16. The van der Waals surface area contributed by atoms with E-state index in [0.717, 1.165) is 44.2 Å². The fourth-order valence-electron chi connectivity index (χ4n) is 2.98. The molecular formula is C19H32FN5. The molecule has 1 saturated heterocycles. The second-order valence-electron chi connectivity index (χ2n) is 6.99. The van der Waals surface area contributed by atoms with Crippen molar-refractivity contribution in [2.45, 2.75) is 32.9 Å². The quantitative estimate of drug-likeness (QED) is 0.630. The van der Waals surface area contributed by atoms with Gasteiger partial charge in [-0.15, -0.1) is 0 Å². The van der Waals surface area contributed by atoms with Crippen molar-refractivity contribution in [3.63, 3.8) is 0 Å². The summed E-state index contributed by atoms with van der Waals surface area (Å²) in [6.07, 6.45) is 0. The van der Waals surface area contributed by atoms with Crippen LogP contribution in [0.15, 0.2) is 23.2 Å². The predicted octanol–water partition coefficient (Wildman–Crippen LogP) is 2.00. The van der Waals surface area contributed by atoms with Gasteiger partial charge in [-0.2, -0.15) is 0 Å². The molecule has 0 radical (unpaired) electrons. The number of nitrogens with zero attached hydrogens (tertiary/aromatic N) is 3. The average molecular weight is 349 g/mol. The number of nitrogens with one attached hydrogen (secondary N) is 2. The van der Waals surface area contributed by atoms with Gasteiger partial charge in [0.05, 0.1) is 12.6 Å². The van der Waals surface area contributed by atoms with Gasteiger partial charge < -0.3 is 15.5 Å². The fraction of sp³-hybridized carbons (Fsp3) is 0.632. The molecule has 25 heavy (non-hydrogen) atoms. The second kappa shape index (κ2) is 9.15. The molecule has 0 amide bonds. The van der Waals surface area contributed by atoms with Crippen molar-refractivity contribution < 1.29 is 4.39 Å². The molecule has 140 valence electrons. The van der Waals surface area contributed by atoms with E-state index in [-0.39, 0.29) is 11.9 Å².